The number of pyridine rings is 1. The highest BCUT2D eigenvalue weighted by molar-refractivity contribution is 5.63. The van der Waals surface area contributed by atoms with Gasteiger partial charge in [0.05, 0.1) is 11.9 Å². The number of piperidine rings is 1. The lowest BCUT2D eigenvalue weighted by Gasteiger charge is -2.32. The molecule has 1 aliphatic rings. The summed E-state index contributed by atoms with van der Waals surface area (Å²) in [6, 6.07) is 5.73. The number of H-pyrrole nitrogens is 1. The van der Waals surface area contributed by atoms with Crippen LogP contribution in [-0.4, -0.2) is 44.8 Å². The first-order valence-electron chi connectivity index (χ1n) is 9.27. The van der Waals surface area contributed by atoms with Gasteiger partial charge in [0.1, 0.15) is 5.82 Å². The monoisotopic (exact) mass is 364 g/mol. The van der Waals surface area contributed by atoms with E-state index in [1.165, 1.54) is 0 Å². The number of rotatable bonds is 6. The molecule has 0 atom stereocenters. The van der Waals surface area contributed by atoms with Crippen molar-refractivity contribution >= 4 is 11.8 Å². The van der Waals surface area contributed by atoms with Crippen LogP contribution >= 0.6 is 0 Å². The SMILES string of the molecule is Nc1ccc(CNCC2CCN(c3ncccn3)CC2)c(-c2cn[nH]c2)n1. The molecular weight excluding hydrogens is 340 g/mol. The molecule has 8 heteroatoms. The Labute approximate surface area is 158 Å². The number of hydrogen-bond donors (Lipinski definition) is 3. The maximum absolute atomic E-state index is 5.86. The van der Waals surface area contributed by atoms with Crippen LogP contribution in [0.1, 0.15) is 18.4 Å². The molecule has 1 aliphatic heterocycles. The minimum Gasteiger partial charge on any atom is -0.384 e. The molecule has 0 amide bonds. The summed E-state index contributed by atoms with van der Waals surface area (Å²) in [6.45, 7) is 3.74. The third kappa shape index (κ3) is 4.22. The van der Waals surface area contributed by atoms with Gasteiger partial charge < -0.3 is 16.0 Å². The Balaban J connectivity index is 1.30. The van der Waals surface area contributed by atoms with Gasteiger partial charge in [0, 0.05) is 43.8 Å². The number of hydrogen-bond acceptors (Lipinski definition) is 7. The Morgan fingerprint density at radius 1 is 1.19 bits per heavy atom. The fraction of sp³-hybridized carbons (Fsp3) is 0.368. The third-order valence-corrected chi connectivity index (χ3v) is 4.97. The molecule has 3 aromatic heterocycles. The molecule has 0 spiro atoms. The molecule has 8 nitrogen and oxygen atoms in total. The van der Waals surface area contributed by atoms with Crippen LogP contribution in [0.3, 0.4) is 0 Å². The van der Waals surface area contributed by atoms with E-state index >= 15 is 0 Å². The van der Waals surface area contributed by atoms with Crippen molar-refractivity contribution in [2.45, 2.75) is 19.4 Å². The first-order valence-corrected chi connectivity index (χ1v) is 9.27. The van der Waals surface area contributed by atoms with Gasteiger partial charge in [0.15, 0.2) is 0 Å². The fourth-order valence-electron chi connectivity index (χ4n) is 3.48. The van der Waals surface area contributed by atoms with E-state index in [9.17, 15) is 0 Å². The molecule has 0 saturated carbocycles. The van der Waals surface area contributed by atoms with Gasteiger partial charge in [-0.25, -0.2) is 15.0 Å². The number of nitrogens with one attached hydrogen (secondary N) is 2. The Morgan fingerprint density at radius 2 is 2.00 bits per heavy atom. The zero-order valence-corrected chi connectivity index (χ0v) is 15.2. The molecule has 140 valence electrons. The van der Waals surface area contributed by atoms with E-state index in [1.807, 2.05) is 24.4 Å². The lowest BCUT2D eigenvalue weighted by molar-refractivity contribution is 0.380. The van der Waals surface area contributed by atoms with E-state index < -0.39 is 0 Å². The van der Waals surface area contributed by atoms with Crippen LogP contribution in [-0.2, 0) is 6.54 Å². The van der Waals surface area contributed by atoms with Crippen molar-refractivity contribution in [2.24, 2.45) is 5.92 Å². The summed E-state index contributed by atoms with van der Waals surface area (Å²) in [5.41, 5.74) is 8.82. The van der Waals surface area contributed by atoms with Crippen molar-refractivity contribution in [3.05, 3.63) is 48.5 Å². The summed E-state index contributed by atoms with van der Waals surface area (Å²) in [6.07, 6.45) is 9.49. The van der Waals surface area contributed by atoms with Crippen molar-refractivity contribution in [1.29, 1.82) is 0 Å². The smallest absolute Gasteiger partial charge is 0.225 e. The normalized spacial score (nSPS) is 15.2. The van der Waals surface area contributed by atoms with Crippen molar-refractivity contribution in [3.63, 3.8) is 0 Å². The van der Waals surface area contributed by atoms with Crippen LogP contribution in [0, 0.1) is 5.92 Å². The number of nitrogens with two attached hydrogens (primary N) is 1. The molecule has 1 fully saturated rings. The first-order chi connectivity index (χ1) is 13.3. The predicted octanol–water partition coefficient (Wildman–Crippen LogP) is 1.85. The summed E-state index contributed by atoms with van der Waals surface area (Å²) in [4.78, 5) is 15.4. The molecule has 0 unspecified atom stereocenters. The van der Waals surface area contributed by atoms with Gasteiger partial charge in [0.2, 0.25) is 5.95 Å². The molecule has 0 radical (unpaired) electrons. The average Bonchev–Trinajstić information content (AvgIpc) is 3.25. The Bertz CT molecular complexity index is 841. The molecule has 0 bridgehead atoms. The minimum absolute atomic E-state index is 0.519. The maximum Gasteiger partial charge on any atom is 0.225 e. The van der Waals surface area contributed by atoms with Crippen LogP contribution < -0.4 is 16.0 Å². The standard InChI is InChI=1S/C19H24N8/c20-17-3-2-15(18(26-17)16-12-24-25-13-16)11-21-10-14-4-8-27(9-5-14)19-22-6-1-7-23-19/h1-3,6-7,12-14,21H,4-5,8-11H2,(H2,20,26)(H,24,25). The van der Waals surface area contributed by atoms with Gasteiger partial charge in [0.25, 0.3) is 0 Å². The molecule has 4 heterocycles. The largest absolute Gasteiger partial charge is 0.384 e. The Kier molecular flexibility index (Phi) is 5.24. The van der Waals surface area contributed by atoms with Crippen molar-refractivity contribution in [2.75, 3.05) is 30.3 Å². The van der Waals surface area contributed by atoms with Crippen LogP contribution in [0.4, 0.5) is 11.8 Å². The minimum atomic E-state index is 0.519. The number of nitrogens with zero attached hydrogens (tertiary/aromatic N) is 5. The summed E-state index contributed by atoms with van der Waals surface area (Å²) in [5.74, 6) is 2.01. The zero-order chi connectivity index (χ0) is 18.5. The highest BCUT2D eigenvalue weighted by atomic mass is 15.2. The van der Waals surface area contributed by atoms with Gasteiger partial charge in [-0.2, -0.15) is 5.10 Å². The van der Waals surface area contributed by atoms with Gasteiger partial charge in [-0.05, 0) is 43.0 Å². The average molecular weight is 364 g/mol. The van der Waals surface area contributed by atoms with Crippen molar-refractivity contribution in [1.82, 2.24) is 30.5 Å². The second kappa shape index (κ2) is 8.13. The lowest BCUT2D eigenvalue weighted by Crippen LogP contribution is -2.38. The van der Waals surface area contributed by atoms with E-state index in [-0.39, 0.29) is 0 Å². The predicted molar refractivity (Wildman–Crippen MR) is 105 cm³/mol. The van der Waals surface area contributed by atoms with Crippen LogP contribution in [0.15, 0.2) is 43.0 Å². The van der Waals surface area contributed by atoms with E-state index in [2.05, 4.69) is 35.4 Å². The molecule has 0 aromatic carbocycles. The van der Waals surface area contributed by atoms with Crippen molar-refractivity contribution < 1.29 is 0 Å². The molecule has 4 N–H and O–H groups in total. The van der Waals surface area contributed by atoms with Gasteiger partial charge in [-0.15, -0.1) is 0 Å². The Hall–Kier alpha value is -3.00. The summed E-state index contributed by atoms with van der Waals surface area (Å²) in [5, 5.41) is 10.4. The number of nitrogen functional groups attached to an aromatic ring is 1. The van der Waals surface area contributed by atoms with Gasteiger partial charge >= 0.3 is 0 Å². The van der Waals surface area contributed by atoms with E-state index in [4.69, 9.17) is 5.73 Å². The third-order valence-electron chi connectivity index (χ3n) is 4.97. The van der Waals surface area contributed by atoms with E-state index in [0.29, 0.717) is 11.7 Å². The van der Waals surface area contributed by atoms with Gasteiger partial charge in [-0.1, -0.05) is 6.07 Å². The molecule has 1 saturated heterocycles. The number of anilines is 2. The first kappa shape index (κ1) is 17.4. The molecule has 27 heavy (non-hydrogen) atoms. The molecule has 4 rings (SSSR count). The van der Waals surface area contributed by atoms with Crippen LogP contribution in [0.2, 0.25) is 0 Å². The summed E-state index contributed by atoms with van der Waals surface area (Å²) in [7, 11) is 0. The second-order valence-corrected chi connectivity index (χ2v) is 6.84. The van der Waals surface area contributed by atoms with Crippen molar-refractivity contribution in [3.8, 4) is 11.3 Å². The molecular formula is C19H24N8. The molecule has 0 aliphatic carbocycles. The highest BCUT2D eigenvalue weighted by Gasteiger charge is 2.20. The summed E-state index contributed by atoms with van der Waals surface area (Å²) < 4.78 is 0. The fourth-order valence-corrected chi connectivity index (χ4v) is 3.48. The van der Waals surface area contributed by atoms with E-state index in [1.54, 1.807) is 18.6 Å². The second-order valence-electron chi connectivity index (χ2n) is 6.84. The van der Waals surface area contributed by atoms with Crippen LogP contribution in [0.5, 0.6) is 0 Å². The topological polar surface area (TPSA) is 109 Å². The summed E-state index contributed by atoms with van der Waals surface area (Å²) >= 11 is 0. The zero-order valence-electron chi connectivity index (χ0n) is 15.2. The Morgan fingerprint density at radius 3 is 2.74 bits per heavy atom. The maximum atomic E-state index is 5.86. The van der Waals surface area contributed by atoms with Gasteiger partial charge in [-0.3, -0.25) is 5.10 Å². The number of aromatic amines is 1. The van der Waals surface area contributed by atoms with Crippen LogP contribution in [0.25, 0.3) is 11.3 Å². The quantitative estimate of drug-likeness (QED) is 0.612. The molecule has 3 aromatic rings. The number of aromatic nitrogens is 5. The lowest BCUT2D eigenvalue weighted by atomic mass is 9.97. The van der Waals surface area contributed by atoms with E-state index in [0.717, 1.165) is 61.8 Å². The highest BCUT2D eigenvalue weighted by Crippen LogP contribution is 2.23.